The Morgan fingerprint density at radius 2 is 1.74 bits per heavy atom. The Bertz CT molecular complexity index is 712. The molecule has 6 nitrogen and oxygen atoms in total. The number of esters is 1. The van der Waals surface area contributed by atoms with E-state index in [0.29, 0.717) is 17.1 Å². The molecule has 0 atom stereocenters. The van der Waals surface area contributed by atoms with Crippen LogP contribution < -0.4 is 20.6 Å². The van der Waals surface area contributed by atoms with Crippen molar-refractivity contribution < 1.29 is 14.3 Å². The molecule has 0 spiro atoms. The number of methoxy groups -OCH3 is 1. The zero-order chi connectivity index (χ0) is 16.7. The second kappa shape index (κ2) is 7.90. The van der Waals surface area contributed by atoms with Crippen molar-refractivity contribution in [2.75, 3.05) is 7.11 Å². The molecule has 23 heavy (non-hydrogen) atoms. The fraction of sp³-hybridized carbons (Fsp3) is 0.0625. The second-order valence-corrected chi connectivity index (χ2v) is 4.86. The van der Waals surface area contributed by atoms with Crippen molar-refractivity contribution in [1.82, 2.24) is 5.43 Å². The van der Waals surface area contributed by atoms with E-state index in [2.05, 4.69) is 22.7 Å². The number of rotatable bonds is 5. The lowest BCUT2D eigenvalue weighted by Crippen LogP contribution is -2.23. The molecule has 0 radical (unpaired) electrons. The van der Waals surface area contributed by atoms with Crippen LogP contribution in [0.2, 0.25) is 0 Å². The predicted molar refractivity (Wildman–Crippen MR) is 91.9 cm³/mol. The highest BCUT2D eigenvalue weighted by molar-refractivity contribution is 7.80. The molecule has 0 aliphatic heterocycles. The molecule has 0 heterocycles. The molecule has 2 rings (SSSR count). The van der Waals surface area contributed by atoms with E-state index in [1.807, 2.05) is 0 Å². The molecule has 2 aromatic carbocycles. The highest BCUT2D eigenvalue weighted by atomic mass is 32.1. The summed E-state index contributed by atoms with van der Waals surface area (Å²) in [6.07, 6.45) is 1.55. The molecule has 0 aromatic heterocycles. The van der Waals surface area contributed by atoms with Gasteiger partial charge in [-0.1, -0.05) is 0 Å². The molecular weight excluding hydrogens is 314 g/mol. The number of ether oxygens (including phenoxy) is 2. The molecule has 3 N–H and O–H groups in total. The molecule has 0 aliphatic carbocycles. The van der Waals surface area contributed by atoms with Crippen molar-refractivity contribution in [3.63, 3.8) is 0 Å². The van der Waals surface area contributed by atoms with Crippen LogP contribution in [0.4, 0.5) is 0 Å². The highest BCUT2D eigenvalue weighted by Crippen LogP contribution is 2.16. The average molecular weight is 329 g/mol. The maximum Gasteiger partial charge on any atom is 0.343 e. The Hall–Kier alpha value is -2.93. The highest BCUT2D eigenvalue weighted by Gasteiger charge is 2.08. The Labute approximate surface area is 138 Å². The first-order valence-electron chi connectivity index (χ1n) is 6.63. The summed E-state index contributed by atoms with van der Waals surface area (Å²) in [4.78, 5) is 12.0. The Morgan fingerprint density at radius 1 is 1.13 bits per heavy atom. The molecule has 2 aromatic rings. The van der Waals surface area contributed by atoms with Crippen molar-refractivity contribution in [3.8, 4) is 11.5 Å². The molecular formula is C16H15N3O3S. The second-order valence-electron chi connectivity index (χ2n) is 4.42. The van der Waals surface area contributed by atoms with Crippen molar-refractivity contribution in [2.45, 2.75) is 0 Å². The average Bonchev–Trinajstić information content (AvgIpc) is 2.56. The molecule has 7 heteroatoms. The van der Waals surface area contributed by atoms with Crippen LogP contribution in [0.3, 0.4) is 0 Å². The minimum atomic E-state index is -0.441. The lowest BCUT2D eigenvalue weighted by Gasteiger charge is -2.05. The SMILES string of the molecule is COc1ccc(C(=O)Oc2ccc(/C=N\NC(N)=S)cc2)cc1. The van der Waals surface area contributed by atoms with Gasteiger partial charge >= 0.3 is 5.97 Å². The van der Waals surface area contributed by atoms with Crippen LogP contribution in [0.5, 0.6) is 11.5 Å². The lowest BCUT2D eigenvalue weighted by molar-refractivity contribution is 0.0734. The summed E-state index contributed by atoms with van der Waals surface area (Å²) >= 11 is 4.63. The van der Waals surface area contributed by atoms with Gasteiger partial charge in [-0.25, -0.2) is 4.79 Å². The summed E-state index contributed by atoms with van der Waals surface area (Å²) in [7, 11) is 1.56. The molecule has 118 valence electrons. The third kappa shape index (κ3) is 5.08. The number of carbonyl (C=O) groups is 1. The van der Waals surface area contributed by atoms with Crippen LogP contribution >= 0.6 is 12.2 Å². The molecule has 0 fully saturated rings. The van der Waals surface area contributed by atoms with E-state index < -0.39 is 5.97 Å². The van der Waals surface area contributed by atoms with E-state index >= 15 is 0 Å². The molecule has 0 unspecified atom stereocenters. The summed E-state index contributed by atoms with van der Waals surface area (Å²) in [6, 6.07) is 13.5. The van der Waals surface area contributed by atoms with Gasteiger partial charge in [-0.3, -0.25) is 5.43 Å². The number of hydrogen-bond acceptors (Lipinski definition) is 5. The van der Waals surface area contributed by atoms with Crippen LogP contribution in [-0.2, 0) is 0 Å². The monoisotopic (exact) mass is 329 g/mol. The fourth-order valence-corrected chi connectivity index (χ4v) is 1.74. The Kier molecular flexibility index (Phi) is 5.65. The first-order valence-corrected chi connectivity index (χ1v) is 7.04. The molecule has 0 amide bonds. The Balaban J connectivity index is 1.98. The summed E-state index contributed by atoms with van der Waals surface area (Å²) in [6.45, 7) is 0. The molecule has 0 saturated heterocycles. The minimum Gasteiger partial charge on any atom is -0.497 e. The van der Waals surface area contributed by atoms with Gasteiger partial charge in [-0.15, -0.1) is 0 Å². The van der Waals surface area contributed by atoms with Crippen LogP contribution in [0.25, 0.3) is 0 Å². The van der Waals surface area contributed by atoms with E-state index in [-0.39, 0.29) is 5.11 Å². The van der Waals surface area contributed by atoms with Gasteiger partial charge in [-0.2, -0.15) is 5.10 Å². The quantitative estimate of drug-likeness (QED) is 0.287. The number of nitrogens with zero attached hydrogens (tertiary/aromatic N) is 1. The number of hydrogen-bond donors (Lipinski definition) is 2. The van der Waals surface area contributed by atoms with Crippen molar-refractivity contribution in [2.24, 2.45) is 10.8 Å². The fourth-order valence-electron chi connectivity index (χ4n) is 1.69. The van der Waals surface area contributed by atoms with Crippen LogP contribution in [0.1, 0.15) is 15.9 Å². The van der Waals surface area contributed by atoms with Gasteiger partial charge < -0.3 is 15.2 Å². The van der Waals surface area contributed by atoms with Gasteiger partial charge in [0, 0.05) is 0 Å². The van der Waals surface area contributed by atoms with Crippen LogP contribution in [0, 0.1) is 0 Å². The molecule has 0 aliphatic rings. The summed E-state index contributed by atoms with van der Waals surface area (Å²) in [5.41, 5.74) is 8.95. The summed E-state index contributed by atoms with van der Waals surface area (Å²) < 4.78 is 10.3. The topological polar surface area (TPSA) is 85.9 Å². The predicted octanol–water partition coefficient (Wildman–Crippen LogP) is 2.08. The zero-order valence-electron chi connectivity index (χ0n) is 12.4. The van der Waals surface area contributed by atoms with Crippen molar-refractivity contribution in [3.05, 3.63) is 59.7 Å². The largest absolute Gasteiger partial charge is 0.497 e. The number of thiocarbonyl (C=S) groups is 1. The van der Waals surface area contributed by atoms with Gasteiger partial charge in [0.25, 0.3) is 0 Å². The normalized spacial score (nSPS) is 10.3. The number of nitrogens with two attached hydrogens (primary N) is 1. The number of benzene rings is 2. The summed E-state index contributed by atoms with van der Waals surface area (Å²) in [5.74, 6) is 0.672. The maximum atomic E-state index is 12.0. The van der Waals surface area contributed by atoms with Gasteiger partial charge in [-0.05, 0) is 66.3 Å². The maximum absolute atomic E-state index is 12.0. The lowest BCUT2D eigenvalue weighted by atomic mass is 10.2. The van der Waals surface area contributed by atoms with E-state index in [0.717, 1.165) is 5.56 Å². The zero-order valence-corrected chi connectivity index (χ0v) is 13.2. The minimum absolute atomic E-state index is 0.0892. The number of carbonyl (C=O) groups excluding carboxylic acids is 1. The van der Waals surface area contributed by atoms with Gasteiger partial charge in [0.1, 0.15) is 11.5 Å². The van der Waals surface area contributed by atoms with Crippen molar-refractivity contribution >= 4 is 29.5 Å². The molecule has 0 bridgehead atoms. The first kappa shape index (κ1) is 16.4. The van der Waals surface area contributed by atoms with Gasteiger partial charge in [0.05, 0.1) is 18.9 Å². The molecule has 0 saturated carbocycles. The summed E-state index contributed by atoms with van der Waals surface area (Å²) in [5, 5.41) is 3.92. The third-order valence-corrected chi connectivity index (χ3v) is 2.90. The van der Waals surface area contributed by atoms with Gasteiger partial charge in [0.15, 0.2) is 5.11 Å². The smallest absolute Gasteiger partial charge is 0.343 e. The Morgan fingerprint density at radius 3 is 2.30 bits per heavy atom. The van der Waals surface area contributed by atoms with E-state index in [1.54, 1.807) is 61.9 Å². The van der Waals surface area contributed by atoms with Crippen molar-refractivity contribution in [1.29, 1.82) is 0 Å². The van der Waals surface area contributed by atoms with E-state index in [1.165, 1.54) is 0 Å². The van der Waals surface area contributed by atoms with E-state index in [4.69, 9.17) is 15.2 Å². The first-order chi connectivity index (χ1) is 11.1. The van der Waals surface area contributed by atoms with E-state index in [9.17, 15) is 4.79 Å². The van der Waals surface area contributed by atoms with Crippen LogP contribution in [0.15, 0.2) is 53.6 Å². The number of nitrogens with one attached hydrogen (secondary N) is 1. The van der Waals surface area contributed by atoms with Gasteiger partial charge in [0.2, 0.25) is 0 Å². The standard InChI is InChI=1S/C16H15N3O3S/c1-21-13-8-4-12(5-9-13)15(20)22-14-6-2-11(3-7-14)10-18-19-16(17)23/h2-10H,1H3,(H3,17,19,23)/b18-10-. The third-order valence-electron chi connectivity index (χ3n) is 2.80. The van der Waals surface area contributed by atoms with Crippen LogP contribution in [-0.4, -0.2) is 24.4 Å². The number of hydrazone groups is 1.